The first kappa shape index (κ1) is 14.3. The standard InChI is InChI=1S/C16H15ClN2OS/c1-19(14-8-10(17)6-7-13(14)18)16(20)12-9-21-15-5-3-2-4-11(12)15/h2-8,12H,9,18H2,1H3. The van der Waals surface area contributed by atoms with Crippen LogP contribution in [0.4, 0.5) is 11.4 Å². The van der Waals surface area contributed by atoms with Gasteiger partial charge in [-0.1, -0.05) is 29.8 Å². The van der Waals surface area contributed by atoms with Crippen LogP contribution in [0.3, 0.4) is 0 Å². The van der Waals surface area contributed by atoms with Gasteiger partial charge in [0.1, 0.15) is 0 Å². The van der Waals surface area contributed by atoms with Gasteiger partial charge < -0.3 is 10.6 Å². The first-order valence-electron chi connectivity index (χ1n) is 6.62. The lowest BCUT2D eigenvalue weighted by Crippen LogP contribution is -2.32. The fourth-order valence-electron chi connectivity index (χ4n) is 2.53. The molecule has 0 fully saturated rings. The smallest absolute Gasteiger partial charge is 0.235 e. The van der Waals surface area contributed by atoms with Gasteiger partial charge in [-0.3, -0.25) is 4.79 Å². The third-order valence-corrected chi connectivity index (χ3v) is 5.10. The van der Waals surface area contributed by atoms with Gasteiger partial charge in [0, 0.05) is 22.7 Å². The van der Waals surface area contributed by atoms with E-state index in [2.05, 4.69) is 6.07 Å². The lowest BCUT2D eigenvalue weighted by Gasteiger charge is -2.23. The molecule has 108 valence electrons. The average molecular weight is 319 g/mol. The zero-order valence-electron chi connectivity index (χ0n) is 11.5. The number of hydrogen-bond donors (Lipinski definition) is 1. The van der Waals surface area contributed by atoms with Gasteiger partial charge >= 0.3 is 0 Å². The minimum absolute atomic E-state index is 0.0430. The van der Waals surface area contributed by atoms with Gasteiger partial charge in [-0.25, -0.2) is 0 Å². The molecule has 21 heavy (non-hydrogen) atoms. The van der Waals surface area contributed by atoms with Crippen LogP contribution in [-0.4, -0.2) is 18.7 Å². The average Bonchev–Trinajstić information content (AvgIpc) is 2.92. The molecule has 1 amide bonds. The quantitative estimate of drug-likeness (QED) is 0.857. The number of rotatable bonds is 2. The number of thioether (sulfide) groups is 1. The monoisotopic (exact) mass is 318 g/mol. The second-order valence-corrected chi connectivity index (χ2v) is 6.50. The summed E-state index contributed by atoms with van der Waals surface area (Å²) in [5.74, 6) is 0.680. The van der Waals surface area contributed by atoms with E-state index in [9.17, 15) is 4.79 Å². The summed E-state index contributed by atoms with van der Waals surface area (Å²) in [7, 11) is 1.75. The molecule has 0 radical (unpaired) electrons. The number of anilines is 2. The van der Waals surface area contributed by atoms with Crippen LogP contribution in [0, 0.1) is 0 Å². The number of hydrogen-bond acceptors (Lipinski definition) is 3. The van der Waals surface area contributed by atoms with E-state index in [4.69, 9.17) is 17.3 Å². The van der Waals surface area contributed by atoms with Crippen LogP contribution in [0.1, 0.15) is 11.5 Å². The zero-order valence-corrected chi connectivity index (χ0v) is 13.1. The normalized spacial score (nSPS) is 16.6. The Morgan fingerprint density at radius 1 is 1.33 bits per heavy atom. The van der Waals surface area contributed by atoms with Crippen molar-refractivity contribution in [1.82, 2.24) is 0 Å². The summed E-state index contributed by atoms with van der Waals surface area (Å²) in [6.45, 7) is 0. The summed E-state index contributed by atoms with van der Waals surface area (Å²) >= 11 is 7.73. The minimum Gasteiger partial charge on any atom is -0.397 e. The highest BCUT2D eigenvalue weighted by atomic mass is 35.5. The van der Waals surface area contributed by atoms with Crippen molar-refractivity contribution < 1.29 is 4.79 Å². The molecule has 0 aliphatic carbocycles. The SMILES string of the molecule is CN(C(=O)C1CSc2ccccc21)c1cc(Cl)ccc1N. The Bertz CT molecular complexity index is 704. The highest BCUT2D eigenvalue weighted by molar-refractivity contribution is 7.99. The Labute approximate surface area is 133 Å². The predicted octanol–water partition coefficient (Wildman–Crippen LogP) is 3.77. The number of carbonyl (C=O) groups excluding carboxylic acids is 1. The summed E-state index contributed by atoms with van der Waals surface area (Å²) in [4.78, 5) is 15.6. The Hall–Kier alpha value is -1.65. The van der Waals surface area contributed by atoms with Gasteiger partial charge in [0.2, 0.25) is 5.91 Å². The molecule has 1 heterocycles. The van der Waals surface area contributed by atoms with Crippen LogP contribution >= 0.6 is 23.4 Å². The number of fused-ring (bicyclic) bond motifs is 1. The van der Waals surface area contributed by atoms with Gasteiger partial charge in [-0.05, 0) is 29.8 Å². The van der Waals surface area contributed by atoms with E-state index < -0.39 is 0 Å². The molecular weight excluding hydrogens is 304 g/mol. The van der Waals surface area contributed by atoms with Gasteiger partial charge in [0.15, 0.2) is 0 Å². The molecule has 0 bridgehead atoms. The largest absolute Gasteiger partial charge is 0.397 e. The molecule has 0 spiro atoms. The summed E-state index contributed by atoms with van der Waals surface area (Å²) in [5, 5.41) is 0.569. The van der Waals surface area contributed by atoms with Crippen LogP contribution < -0.4 is 10.6 Å². The van der Waals surface area contributed by atoms with Crippen LogP contribution in [0.15, 0.2) is 47.4 Å². The van der Waals surface area contributed by atoms with Crippen molar-refractivity contribution in [2.75, 3.05) is 23.4 Å². The number of benzene rings is 2. The lowest BCUT2D eigenvalue weighted by molar-refractivity contribution is -0.119. The lowest BCUT2D eigenvalue weighted by atomic mass is 9.99. The van der Waals surface area contributed by atoms with Crippen molar-refractivity contribution in [1.29, 1.82) is 0 Å². The molecule has 0 saturated carbocycles. The highest BCUT2D eigenvalue weighted by Crippen LogP contribution is 2.41. The van der Waals surface area contributed by atoms with E-state index in [1.807, 2.05) is 18.2 Å². The third kappa shape index (κ3) is 2.61. The Kier molecular flexibility index (Phi) is 3.83. The van der Waals surface area contributed by atoms with Crippen molar-refractivity contribution in [3.05, 3.63) is 53.1 Å². The maximum atomic E-state index is 12.8. The van der Waals surface area contributed by atoms with Crippen LogP contribution in [0.2, 0.25) is 5.02 Å². The molecule has 2 aromatic carbocycles. The number of halogens is 1. The van der Waals surface area contributed by atoms with Crippen molar-refractivity contribution >= 4 is 40.6 Å². The molecule has 2 aromatic rings. The summed E-state index contributed by atoms with van der Waals surface area (Å²) < 4.78 is 0. The van der Waals surface area contributed by atoms with Gasteiger partial charge in [-0.15, -0.1) is 11.8 Å². The second-order valence-electron chi connectivity index (χ2n) is 5.00. The third-order valence-electron chi connectivity index (χ3n) is 3.68. The van der Waals surface area contributed by atoms with Crippen LogP contribution in [-0.2, 0) is 4.79 Å². The predicted molar refractivity (Wildman–Crippen MR) is 89.2 cm³/mol. The Balaban J connectivity index is 1.91. The summed E-state index contributed by atoms with van der Waals surface area (Å²) in [6.07, 6.45) is 0. The highest BCUT2D eigenvalue weighted by Gasteiger charge is 2.31. The van der Waals surface area contributed by atoms with E-state index in [1.165, 1.54) is 4.90 Å². The van der Waals surface area contributed by atoms with E-state index >= 15 is 0 Å². The van der Waals surface area contributed by atoms with Crippen LogP contribution in [0.5, 0.6) is 0 Å². The molecule has 1 atom stereocenters. The fraction of sp³-hybridized carbons (Fsp3) is 0.188. The van der Waals surface area contributed by atoms with E-state index in [1.54, 1.807) is 41.9 Å². The zero-order chi connectivity index (χ0) is 15.0. The van der Waals surface area contributed by atoms with Crippen molar-refractivity contribution in [3.8, 4) is 0 Å². The van der Waals surface area contributed by atoms with Crippen LogP contribution in [0.25, 0.3) is 0 Å². The molecule has 1 aliphatic heterocycles. The molecule has 3 rings (SSSR count). The van der Waals surface area contributed by atoms with Gasteiger partial charge in [0.25, 0.3) is 0 Å². The van der Waals surface area contributed by atoms with Crippen molar-refractivity contribution in [2.24, 2.45) is 0 Å². The summed E-state index contributed by atoms with van der Waals surface area (Å²) in [6, 6.07) is 13.2. The molecule has 1 aliphatic rings. The minimum atomic E-state index is -0.130. The van der Waals surface area contributed by atoms with Crippen molar-refractivity contribution in [2.45, 2.75) is 10.8 Å². The van der Waals surface area contributed by atoms with E-state index in [0.717, 1.165) is 11.3 Å². The number of likely N-dealkylation sites (N-methyl/N-ethyl adjacent to an activating group) is 1. The second kappa shape index (κ2) is 5.62. The Morgan fingerprint density at radius 3 is 2.90 bits per heavy atom. The number of nitrogen functional groups attached to an aromatic ring is 1. The first-order valence-corrected chi connectivity index (χ1v) is 7.98. The fourth-order valence-corrected chi connectivity index (χ4v) is 3.91. The molecular formula is C16H15ClN2OS. The number of carbonyl (C=O) groups is 1. The van der Waals surface area contributed by atoms with Gasteiger partial charge in [0.05, 0.1) is 17.3 Å². The first-order chi connectivity index (χ1) is 10.1. The number of nitrogens with two attached hydrogens (primary N) is 1. The maximum absolute atomic E-state index is 12.8. The molecule has 2 N–H and O–H groups in total. The molecule has 0 saturated heterocycles. The topological polar surface area (TPSA) is 46.3 Å². The summed E-state index contributed by atoms with van der Waals surface area (Å²) in [5.41, 5.74) is 8.27. The number of amides is 1. The van der Waals surface area contributed by atoms with E-state index in [0.29, 0.717) is 16.4 Å². The maximum Gasteiger partial charge on any atom is 0.235 e. The molecule has 0 aromatic heterocycles. The van der Waals surface area contributed by atoms with E-state index in [-0.39, 0.29) is 11.8 Å². The van der Waals surface area contributed by atoms with Gasteiger partial charge in [-0.2, -0.15) is 0 Å². The molecule has 3 nitrogen and oxygen atoms in total. The molecule has 5 heteroatoms. The van der Waals surface area contributed by atoms with Crippen molar-refractivity contribution in [3.63, 3.8) is 0 Å². The number of nitrogens with zero attached hydrogens (tertiary/aromatic N) is 1. The Morgan fingerprint density at radius 2 is 2.10 bits per heavy atom. The molecule has 1 unspecified atom stereocenters.